The lowest BCUT2D eigenvalue weighted by Gasteiger charge is -2.33. The van der Waals surface area contributed by atoms with E-state index in [0.717, 1.165) is 36.9 Å². The minimum Gasteiger partial charge on any atom is -0.467 e. The average Bonchev–Trinajstić information content (AvgIpc) is 3.02. The van der Waals surface area contributed by atoms with E-state index in [4.69, 9.17) is 4.74 Å². The molecular weight excluding hydrogens is 292 g/mol. The van der Waals surface area contributed by atoms with Crippen molar-refractivity contribution in [1.82, 2.24) is 19.8 Å². The average molecular weight is 312 g/mol. The van der Waals surface area contributed by atoms with Gasteiger partial charge in [-0.2, -0.15) is 0 Å². The van der Waals surface area contributed by atoms with E-state index < -0.39 is 0 Å². The molecule has 0 radical (unpaired) electrons. The van der Waals surface area contributed by atoms with Crippen LogP contribution in [-0.2, 0) is 0 Å². The van der Waals surface area contributed by atoms with E-state index in [0.29, 0.717) is 11.8 Å². The molecule has 3 rings (SSSR count). The molecule has 0 amide bonds. The summed E-state index contributed by atoms with van der Waals surface area (Å²) >= 11 is 0. The van der Waals surface area contributed by atoms with Gasteiger partial charge in [0.25, 0.3) is 0 Å². The van der Waals surface area contributed by atoms with Crippen molar-refractivity contribution in [2.24, 2.45) is 9.98 Å². The summed E-state index contributed by atoms with van der Waals surface area (Å²) in [5.74, 6) is 1.64. The highest BCUT2D eigenvalue weighted by Gasteiger charge is 2.26. The van der Waals surface area contributed by atoms with Gasteiger partial charge >= 0.3 is 6.01 Å². The third-order valence-corrected chi connectivity index (χ3v) is 3.68. The summed E-state index contributed by atoms with van der Waals surface area (Å²) in [5, 5.41) is 0. The molecule has 120 valence electrons. The Hall–Kier alpha value is -2.70. The maximum atomic E-state index is 4.95. The highest BCUT2D eigenvalue weighted by Crippen LogP contribution is 2.20. The van der Waals surface area contributed by atoms with Crippen LogP contribution in [0.3, 0.4) is 0 Å². The molecule has 3 heterocycles. The fourth-order valence-corrected chi connectivity index (χ4v) is 2.39. The van der Waals surface area contributed by atoms with Gasteiger partial charge in [-0.15, -0.1) is 0 Å². The van der Waals surface area contributed by atoms with E-state index in [1.54, 1.807) is 19.5 Å². The molecule has 0 bridgehead atoms. The fraction of sp³-hybridized carbons (Fsp3) is 0.375. The van der Waals surface area contributed by atoms with Crippen LogP contribution in [0.4, 0.5) is 0 Å². The van der Waals surface area contributed by atoms with Gasteiger partial charge in [0.2, 0.25) is 0 Å². The highest BCUT2D eigenvalue weighted by atomic mass is 16.5. The van der Waals surface area contributed by atoms with Crippen molar-refractivity contribution in [2.75, 3.05) is 26.9 Å². The summed E-state index contributed by atoms with van der Waals surface area (Å²) in [6, 6.07) is 0.356. The molecule has 0 aromatic carbocycles. The molecule has 0 N–H and O–H groups in total. The van der Waals surface area contributed by atoms with Crippen LogP contribution >= 0.6 is 0 Å². The number of aromatic nitrogens is 2. The molecule has 7 nitrogen and oxygen atoms in total. The predicted octanol–water partition coefficient (Wildman–Crippen LogP) is 1.77. The first-order valence-electron chi connectivity index (χ1n) is 7.66. The summed E-state index contributed by atoms with van der Waals surface area (Å²) < 4.78 is 4.95. The molecule has 7 heteroatoms. The summed E-state index contributed by atoms with van der Waals surface area (Å²) in [7, 11) is 1.54. The first-order chi connectivity index (χ1) is 11.2. The van der Waals surface area contributed by atoms with E-state index in [1.165, 1.54) is 0 Å². The molecular formula is C16H20N6O. The Morgan fingerprint density at radius 3 is 2.57 bits per heavy atom. The topological polar surface area (TPSA) is 66.2 Å². The van der Waals surface area contributed by atoms with E-state index in [9.17, 15) is 0 Å². The fourth-order valence-electron chi connectivity index (χ4n) is 2.39. The summed E-state index contributed by atoms with van der Waals surface area (Å²) in [4.78, 5) is 21.8. The molecule has 2 aliphatic rings. The maximum Gasteiger partial charge on any atom is 0.316 e. The lowest BCUT2D eigenvalue weighted by Crippen LogP contribution is -2.43. The molecule has 0 spiro atoms. The van der Waals surface area contributed by atoms with Crippen molar-refractivity contribution in [2.45, 2.75) is 13.8 Å². The van der Waals surface area contributed by atoms with Crippen molar-refractivity contribution in [1.29, 1.82) is 0 Å². The van der Waals surface area contributed by atoms with Crippen molar-refractivity contribution >= 4 is 17.7 Å². The Kier molecular flexibility index (Phi) is 4.36. The normalized spacial score (nSPS) is 17.1. The molecule has 0 saturated carbocycles. The second kappa shape index (κ2) is 6.60. The van der Waals surface area contributed by atoms with Crippen LogP contribution in [0.25, 0.3) is 6.08 Å². The summed E-state index contributed by atoms with van der Waals surface area (Å²) in [6.07, 6.45) is 9.25. The van der Waals surface area contributed by atoms with Gasteiger partial charge in [-0.25, -0.2) is 20.0 Å². The number of fused-ring (bicyclic) bond motifs is 1. The number of hydrogen-bond acceptors (Lipinski definition) is 7. The molecule has 0 saturated heterocycles. The van der Waals surface area contributed by atoms with E-state index >= 15 is 0 Å². The minimum absolute atomic E-state index is 0.356. The number of nitrogens with zero attached hydrogens (tertiary/aromatic N) is 6. The Bertz CT molecular complexity index is 689. The summed E-state index contributed by atoms with van der Waals surface area (Å²) in [5.41, 5.74) is 1.80. The van der Waals surface area contributed by atoms with Gasteiger partial charge in [-0.05, 0) is 26.0 Å². The van der Waals surface area contributed by atoms with Crippen molar-refractivity contribution < 1.29 is 4.74 Å². The van der Waals surface area contributed by atoms with Gasteiger partial charge in [0.05, 0.1) is 13.8 Å². The second-order valence-electron chi connectivity index (χ2n) is 5.16. The van der Waals surface area contributed by atoms with Gasteiger partial charge in [-0.1, -0.05) is 0 Å². The molecule has 0 atom stereocenters. The number of methoxy groups -OCH3 is 1. The highest BCUT2D eigenvalue weighted by molar-refractivity contribution is 6.16. The third-order valence-electron chi connectivity index (χ3n) is 3.68. The van der Waals surface area contributed by atoms with Crippen molar-refractivity contribution in [3.8, 4) is 6.01 Å². The van der Waals surface area contributed by atoms with E-state index in [-0.39, 0.29) is 0 Å². The lowest BCUT2D eigenvalue weighted by atomic mass is 10.3. The third kappa shape index (κ3) is 3.23. The predicted molar refractivity (Wildman–Crippen MR) is 90.2 cm³/mol. The molecule has 2 aliphatic heterocycles. The van der Waals surface area contributed by atoms with Gasteiger partial charge < -0.3 is 14.5 Å². The second-order valence-corrected chi connectivity index (χ2v) is 5.16. The van der Waals surface area contributed by atoms with Gasteiger partial charge in [-0.3, -0.25) is 0 Å². The zero-order valence-electron chi connectivity index (χ0n) is 13.6. The van der Waals surface area contributed by atoms with Crippen LogP contribution in [0.5, 0.6) is 6.01 Å². The standard InChI is InChI=1S/C16H20N6O/c1-4-21-10-13-15(22(5-2)11-21)20-14(19-13)7-6-12-8-17-16(23-3)18-9-12/h6-10H,4-5,11H2,1-3H3/b7-6+. The molecule has 0 fully saturated rings. The smallest absolute Gasteiger partial charge is 0.316 e. The number of rotatable bonds is 5. The largest absolute Gasteiger partial charge is 0.467 e. The van der Waals surface area contributed by atoms with Crippen LogP contribution < -0.4 is 4.74 Å². The van der Waals surface area contributed by atoms with Crippen LogP contribution in [0, 0.1) is 0 Å². The number of aliphatic imine (C=N–C) groups is 2. The van der Waals surface area contributed by atoms with Crippen LogP contribution in [0.2, 0.25) is 0 Å². The monoisotopic (exact) mass is 312 g/mol. The Morgan fingerprint density at radius 2 is 1.91 bits per heavy atom. The zero-order chi connectivity index (χ0) is 16.2. The first kappa shape index (κ1) is 15.2. The Balaban J connectivity index is 1.79. The number of likely N-dealkylation sites (N-methyl/N-ethyl adjacent to an activating group) is 1. The number of amidine groups is 2. The van der Waals surface area contributed by atoms with Crippen LogP contribution in [0.1, 0.15) is 19.4 Å². The first-order valence-corrected chi connectivity index (χ1v) is 7.66. The Morgan fingerprint density at radius 1 is 1.13 bits per heavy atom. The minimum atomic E-state index is 0.356. The molecule has 0 unspecified atom stereocenters. The SMILES string of the molecule is CCN1C=C2N=C(/C=C/c3cnc(OC)nc3)N=C2N(CC)C1. The van der Waals surface area contributed by atoms with Gasteiger partial charge in [0.1, 0.15) is 5.70 Å². The lowest BCUT2D eigenvalue weighted by molar-refractivity contribution is 0.251. The van der Waals surface area contributed by atoms with Crippen LogP contribution in [0.15, 0.2) is 40.4 Å². The van der Waals surface area contributed by atoms with Gasteiger partial charge in [0.15, 0.2) is 11.7 Å². The summed E-state index contributed by atoms with van der Waals surface area (Å²) in [6.45, 7) is 6.98. The molecule has 1 aromatic heterocycles. The molecule has 0 aliphatic carbocycles. The quantitative estimate of drug-likeness (QED) is 0.829. The molecule has 23 heavy (non-hydrogen) atoms. The Labute approximate surface area is 135 Å². The van der Waals surface area contributed by atoms with Crippen molar-refractivity contribution in [3.63, 3.8) is 0 Å². The number of ether oxygens (including phenoxy) is 1. The van der Waals surface area contributed by atoms with E-state index in [2.05, 4.69) is 49.8 Å². The maximum absolute atomic E-state index is 4.95. The van der Waals surface area contributed by atoms with E-state index in [1.807, 2.05) is 12.2 Å². The number of hydrogen-bond donors (Lipinski definition) is 0. The van der Waals surface area contributed by atoms with Crippen molar-refractivity contribution in [3.05, 3.63) is 35.9 Å². The van der Waals surface area contributed by atoms with Crippen LogP contribution in [-0.4, -0.2) is 58.3 Å². The zero-order valence-corrected chi connectivity index (χ0v) is 13.6. The molecule has 1 aromatic rings. The van der Waals surface area contributed by atoms with Gasteiger partial charge in [0, 0.05) is 37.2 Å².